The summed E-state index contributed by atoms with van der Waals surface area (Å²) in [7, 11) is 0. The lowest BCUT2D eigenvalue weighted by Crippen LogP contribution is -1.92. The van der Waals surface area contributed by atoms with Crippen LogP contribution in [-0.2, 0) is 17.2 Å². The molecule has 0 aliphatic carbocycles. The van der Waals surface area contributed by atoms with E-state index in [9.17, 15) is 0 Å². The zero-order chi connectivity index (χ0) is 8.10. The molecule has 1 aromatic heterocycles. The van der Waals surface area contributed by atoms with Gasteiger partial charge in [-0.3, -0.25) is 0 Å². The van der Waals surface area contributed by atoms with Crippen LogP contribution < -0.4 is 0 Å². The van der Waals surface area contributed by atoms with Crippen molar-refractivity contribution in [3.8, 4) is 0 Å². The average molecular weight is 175 g/mol. The van der Waals surface area contributed by atoms with Gasteiger partial charge in [0.15, 0.2) is 0 Å². The highest BCUT2D eigenvalue weighted by molar-refractivity contribution is 6.17. The molecular weight excluding hydrogens is 164 g/mol. The molecule has 0 fully saturated rings. The minimum absolute atomic E-state index is 0.485. The third kappa shape index (κ3) is 2.24. The monoisotopic (exact) mass is 174 g/mol. The quantitative estimate of drug-likeness (QED) is 0.655. The molecule has 1 rings (SSSR count). The number of halogens is 1. The van der Waals surface area contributed by atoms with Crippen LogP contribution in [0.4, 0.5) is 0 Å². The number of rotatable bonds is 4. The molecular formula is C8H11ClO2. The van der Waals surface area contributed by atoms with Gasteiger partial charge in [-0.15, -0.1) is 11.6 Å². The summed E-state index contributed by atoms with van der Waals surface area (Å²) in [5, 5.41) is 0. The molecule has 0 radical (unpaired) electrons. The van der Waals surface area contributed by atoms with Crippen LogP contribution >= 0.6 is 11.6 Å². The van der Waals surface area contributed by atoms with Gasteiger partial charge in [0.25, 0.3) is 0 Å². The Morgan fingerprint density at radius 3 is 3.09 bits per heavy atom. The van der Waals surface area contributed by atoms with Gasteiger partial charge < -0.3 is 9.15 Å². The molecule has 0 spiro atoms. The van der Waals surface area contributed by atoms with E-state index in [1.54, 1.807) is 6.26 Å². The normalized spacial score (nSPS) is 10.4. The van der Waals surface area contributed by atoms with Crippen molar-refractivity contribution < 1.29 is 9.15 Å². The zero-order valence-corrected chi connectivity index (χ0v) is 7.23. The van der Waals surface area contributed by atoms with Crippen molar-refractivity contribution in [2.75, 3.05) is 6.61 Å². The molecule has 62 valence electrons. The fourth-order valence-electron chi connectivity index (χ4n) is 0.807. The second kappa shape index (κ2) is 4.42. The van der Waals surface area contributed by atoms with E-state index in [1.807, 2.05) is 13.0 Å². The molecule has 1 aromatic rings. The van der Waals surface area contributed by atoms with Crippen LogP contribution in [-0.4, -0.2) is 6.61 Å². The SMILES string of the molecule is CCOCc1occc1CCl. The predicted octanol–water partition coefficient (Wildman–Crippen LogP) is 2.55. The molecule has 0 saturated carbocycles. The van der Waals surface area contributed by atoms with Crippen LogP contribution in [0.2, 0.25) is 0 Å². The molecule has 0 unspecified atom stereocenters. The molecule has 1 heterocycles. The summed E-state index contributed by atoms with van der Waals surface area (Å²) in [6.45, 7) is 3.16. The Hall–Kier alpha value is -0.470. The van der Waals surface area contributed by atoms with Crippen molar-refractivity contribution in [1.29, 1.82) is 0 Å². The molecule has 11 heavy (non-hydrogen) atoms. The van der Waals surface area contributed by atoms with Crippen molar-refractivity contribution in [3.05, 3.63) is 23.7 Å². The number of furan rings is 1. The van der Waals surface area contributed by atoms with Crippen LogP contribution in [0.5, 0.6) is 0 Å². The number of ether oxygens (including phenoxy) is 1. The van der Waals surface area contributed by atoms with Gasteiger partial charge in [0.05, 0.1) is 12.1 Å². The van der Waals surface area contributed by atoms with Gasteiger partial charge in [-0.05, 0) is 13.0 Å². The Kier molecular flexibility index (Phi) is 3.46. The topological polar surface area (TPSA) is 22.4 Å². The second-order valence-electron chi connectivity index (χ2n) is 2.14. The van der Waals surface area contributed by atoms with Gasteiger partial charge >= 0.3 is 0 Å². The molecule has 0 aliphatic heterocycles. The lowest BCUT2D eigenvalue weighted by Gasteiger charge is -1.98. The van der Waals surface area contributed by atoms with E-state index in [4.69, 9.17) is 20.8 Å². The van der Waals surface area contributed by atoms with Crippen molar-refractivity contribution in [3.63, 3.8) is 0 Å². The fourth-order valence-corrected chi connectivity index (χ4v) is 1.05. The Balaban J connectivity index is 2.54. The molecule has 0 saturated heterocycles. The smallest absolute Gasteiger partial charge is 0.133 e. The molecule has 0 aliphatic rings. The summed E-state index contributed by atoms with van der Waals surface area (Å²) in [6, 6.07) is 1.86. The largest absolute Gasteiger partial charge is 0.467 e. The van der Waals surface area contributed by atoms with Crippen LogP contribution in [0.3, 0.4) is 0 Å². The first-order valence-corrected chi connectivity index (χ1v) is 4.11. The van der Waals surface area contributed by atoms with Crippen LogP contribution in [0.25, 0.3) is 0 Å². The Morgan fingerprint density at radius 2 is 2.45 bits per heavy atom. The summed E-state index contributed by atoms with van der Waals surface area (Å²) >= 11 is 5.64. The highest BCUT2D eigenvalue weighted by atomic mass is 35.5. The minimum atomic E-state index is 0.485. The highest BCUT2D eigenvalue weighted by Crippen LogP contribution is 2.13. The average Bonchev–Trinajstić information content (AvgIpc) is 2.47. The van der Waals surface area contributed by atoms with Gasteiger partial charge in [-0.1, -0.05) is 0 Å². The number of hydrogen-bond acceptors (Lipinski definition) is 2. The van der Waals surface area contributed by atoms with Crippen molar-refractivity contribution in [2.24, 2.45) is 0 Å². The first kappa shape index (κ1) is 8.62. The lowest BCUT2D eigenvalue weighted by molar-refractivity contribution is 0.117. The third-order valence-electron chi connectivity index (χ3n) is 1.42. The third-order valence-corrected chi connectivity index (χ3v) is 1.71. The van der Waals surface area contributed by atoms with Gasteiger partial charge in [0.2, 0.25) is 0 Å². The number of hydrogen-bond donors (Lipinski definition) is 0. The first-order valence-electron chi connectivity index (χ1n) is 3.57. The predicted molar refractivity (Wildman–Crippen MR) is 43.6 cm³/mol. The van der Waals surface area contributed by atoms with Crippen LogP contribution in [0.15, 0.2) is 16.7 Å². The molecule has 3 heteroatoms. The maximum absolute atomic E-state index is 5.64. The molecule has 0 bridgehead atoms. The van der Waals surface area contributed by atoms with E-state index in [0.717, 1.165) is 11.3 Å². The number of alkyl halides is 1. The highest BCUT2D eigenvalue weighted by Gasteiger charge is 2.03. The summed E-state index contributed by atoms with van der Waals surface area (Å²) in [4.78, 5) is 0. The van der Waals surface area contributed by atoms with E-state index in [0.29, 0.717) is 19.1 Å². The summed E-state index contributed by atoms with van der Waals surface area (Å²) < 4.78 is 10.3. The van der Waals surface area contributed by atoms with Gasteiger partial charge in [-0.25, -0.2) is 0 Å². The molecule has 0 amide bonds. The standard InChI is InChI=1S/C8H11ClO2/c1-2-10-6-8-7(5-9)3-4-11-8/h3-4H,2,5-6H2,1H3. The van der Waals surface area contributed by atoms with E-state index in [-0.39, 0.29) is 0 Å². The molecule has 2 nitrogen and oxygen atoms in total. The van der Waals surface area contributed by atoms with E-state index >= 15 is 0 Å². The lowest BCUT2D eigenvalue weighted by atomic mass is 10.3. The van der Waals surface area contributed by atoms with Crippen LogP contribution in [0.1, 0.15) is 18.2 Å². The van der Waals surface area contributed by atoms with E-state index < -0.39 is 0 Å². The maximum Gasteiger partial charge on any atom is 0.133 e. The Bertz CT molecular complexity index is 208. The Labute approximate surface area is 71.1 Å². The van der Waals surface area contributed by atoms with Crippen molar-refractivity contribution >= 4 is 11.6 Å². The fraction of sp³-hybridized carbons (Fsp3) is 0.500. The van der Waals surface area contributed by atoms with Gasteiger partial charge in [0.1, 0.15) is 12.4 Å². The van der Waals surface area contributed by atoms with Crippen molar-refractivity contribution in [2.45, 2.75) is 19.4 Å². The van der Waals surface area contributed by atoms with E-state index in [1.165, 1.54) is 0 Å². The molecule has 0 atom stereocenters. The maximum atomic E-state index is 5.64. The van der Waals surface area contributed by atoms with E-state index in [2.05, 4.69) is 0 Å². The Morgan fingerprint density at radius 1 is 1.64 bits per heavy atom. The minimum Gasteiger partial charge on any atom is -0.467 e. The first-order chi connectivity index (χ1) is 5.38. The molecule has 0 aromatic carbocycles. The van der Waals surface area contributed by atoms with Gasteiger partial charge in [0, 0.05) is 12.2 Å². The summed E-state index contributed by atoms with van der Waals surface area (Å²) in [5.41, 5.74) is 1.01. The zero-order valence-electron chi connectivity index (χ0n) is 6.47. The second-order valence-corrected chi connectivity index (χ2v) is 2.41. The van der Waals surface area contributed by atoms with Crippen molar-refractivity contribution in [1.82, 2.24) is 0 Å². The van der Waals surface area contributed by atoms with Crippen LogP contribution in [0, 0.1) is 0 Å². The summed E-state index contributed by atoms with van der Waals surface area (Å²) in [6.07, 6.45) is 1.63. The summed E-state index contributed by atoms with van der Waals surface area (Å²) in [5.74, 6) is 1.32. The molecule has 0 N–H and O–H groups in total. The van der Waals surface area contributed by atoms with Gasteiger partial charge in [-0.2, -0.15) is 0 Å².